The molecule has 0 bridgehead atoms. The highest BCUT2D eigenvalue weighted by Gasteiger charge is 2.41. The monoisotopic (exact) mass is 461 g/mol. The Balaban J connectivity index is 1.94. The van der Waals surface area contributed by atoms with Crippen LogP contribution in [0, 0.1) is 18.2 Å². The maximum absolute atomic E-state index is 14.7. The summed E-state index contributed by atoms with van der Waals surface area (Å²) in [5, 5.41) is 0. The summed E-state index contributed by atoms with van der Waals surface area (Å²) in [6.45, 7) is 3.10. The van der Waals surface area contributed by atoms with Crippen molar-refractivity contribution in [2.24, 2.45) is 10.7 Å². The van der Waals surface area contributed by atoms with E-state index >= 15 is 0 Å². The highest BCUT2D eigenvalue weighted by Crippen LogP contribution is 2.34. The number of aromatic nitrogens is 2. The molecule has 2 aromatic rings. The van der Waals surface area contributed by atoms with Crippen LogP contribution in [-0.2, 0) is 15.6 Å². The van der Waals surface area contributed by atoms with Gasteiger partial charge in [-0.3, -0.25) is 0 Å². The van der Waals surface area contributed by atoms with Crippen molar-refractivity contribution in [1.82, 2.24) is 14.3 Å². The standard InChI is InChI=1S/C21H21F2N5O3S/c1-5-13(2)31-19-11-25-18(10-26-19)17(23)9-14-6-7-16(22)15(8-14)21(3)12-32(29,30)28(4)20(24)27-21/h1,6-11,13H,12H2,2-4H3,(H2,24,27)/b17-9-. The third kappa shape index (κ3) is 4.70. The second-order valence-electron chi connectivity index (χ2n) is 7.37. The minimum absolute atomic E-state index is 0.0308. The van der Waals surface area contributed by atoms with Gasteiger partial charge in [-0.2, -0.15) is 0 Å². The van der Waals surface area contributed by atoms with E-state index in [1.165, 1.54) is 38.5 Å². The highest BCUT2D eigenvalue weighted by atomic mass is 32.2. The molecule has 1 aliphatic heterocycles. The third-order valence-electron chi connectivity index (χ3n) is 4.83. The van der Waals surface area contributed by atoms with Crippen LogP contribution in [0.3, 0.4) is 0 Å². The molecule has 2 N–H and O–H groups in total. The van der Waals surface area contributed by atoms with Crippen molar-refractivity contribution in [1.29, 1.82) is 0 Å². The molecule has 1 aliphatic rings. The molecule has 11 heteroatoms. The van der Waals surface area contributed by atoms with Gasteiger partial charge in [-0.15, -0.1) is 6.42 Å². The Kier molecular flexibility index (Phi) is 6.18. The van der Waals surface area contributed by atoms with E-state index < -0.39 is 39.1 Å². The van der Waals surface area contributed by atoms with E-state index in [1.54, 1.807) is 6.92 Å². The van der Waals surface area contributed by atoms with Crippen LogP contribution < -0.4 is 10.5 Å². The molecule has 2 atom stereocenters. The van der Waals surface area contributed by atoms with Gasteiger partial charge >= 0.3 is 0 Å². The number of rotatable bonds is 5. The van der Waals surface area contributed by atoms with Gasteiger partial charge in [-0.1, -0.05) is 12.0 Å². The lowest BCUT2D eigenvalue weighted by molar-refractivity contribution is 0.266. The first kappa shape index (κ1) is 23.1. The average molecular weight is 461 g/mol. The average Bonchev–Trinajstić information content (AvgIpc) is 2.73. The molecule has 0 spiro atoms. The summed E-state index contributed by atoms with van der Waals surface area (Å²) in [6, 6.07) is 3.78. The molecule has 0 saturated heterocycles. The Hall–Kier alpha value is -3.52. The minimum atomic E-state index is -3.80. The highest BCUT2D eigenvalue weighted by molar-refractivity contribution is 7.89. The normalized spacial score (nSPS) is 21.4. The molecule has 32 heavy (non-hydrogen) atoms. The predicted molar refractivity (Wildman–Crippen MR) is 117 cm³/mol. The Morgan fingerprint density at radius 3 is 2.72 bits per heavy atom. The van der Waals surface area contributed by atoms with Crippen LogP contribution in [0.15, 0.2) is 35.6 Å². The van der Waals surface area contributed by atoms with Crippen molar-refractivity contribution in [2.45, 2.75) is 25.5 Å². The zero-order valence-electron chi connectivity index (χ0n) is 17.6. The molecule has 1 aromatic heterocycles. The predicted octanol–water partition coefficient (Wildman–Crippen LogP) is 2.29. The molecule has 0 saturated carbocycles. The molecule has 2 unspecified atom stereocenters. The molecule has 0 fully saturated rings. The quantitative estimate of drug-likeness (QED) is 0.684. The Labute approximate surface area is 184 Å². The molecular weight excluding hydrogens is 440 g/mol. The third-order valence-corrected chi connectivity index (χ3v) is 6.78. The number of ether oxygens (including phenoxy) is 1. The van der Waals surface area contributed by atoms with Crippen LogP contribution in [0.2, 0.25) is 0 Å². The van der Waals surface area contributed by atoms with Gasteiger partial charge in [0.1, 0.15) is 17.1 Å². The summed E-state index contributed by atoms with van der Waals surface area (Å²) >= 11 is 0. The fraction of sp³-hybridized carbons (Fsp3) is 0.286. The molecule has 3 rings (SSSR count). The van der Waals surface area contributed by atoms with E-state index in [9.17, 15) is 17.2 Å². The maximum Gasteiger partial charge on any atom is 0.239 e. The van der Waals surface area contributed by atoms with Gasteiger partial charge < -0.3 is 10.5 Å². The summed E-state index contributed by atoms with van der Waals surface area (Å²) < 4.78 is 60.3. The number of guanidine groups is 1. The largest absolute Gasteiger partial charge is 0.460 e. The van der Waals surface area contributed by atoms with Crippen molar-refractivity contribution in [2.75, 3.05) is 12.8 Å². The molecule has 1 aromatic carbocycles. The van der Waals surface area contributed by atoms with E-state index in [4.69, 9.17) is 16.9 Å². The number of aliphatic imine (C=N–C) groups is 1. The van der Waals surface area contributed by atoms with Gasteiger partial charge in [0, 0.05) is 12.6 Å². The number of nitrogens with zero attached hydrogens (tertiary/aromatic N) is 4. The van der Waals surface area contributed by atoms with Crippen molar-refractivity contribution >= 4 is 27.9 Å². The minimum Gasteiger partial charge on any atom is -0.460 e. The van der Waals surface area contributed by atoms with Crippen LogP contribution in [0.25, 0.3) is 11.9 Å². The number of terminal acetylenes is 1. The zero-order valence-corrected chi connectivity index (χ0v) is 18.4. The fourth-order valence-corrected chi connectivity index (χ4v) is 4.52. The fourth-order valence-electron chi connectivity index (χ4n) is 3.07. The first-order valence-electron chi connectivity index (χ1n) is 9.39. The maximum atomic E-state index is 14.7. The smallest absolute Gasteiger partial charge is 0.239 e. The molecule has 0 amide bonds. The molecule has 0 radical (unpaired) electrons. The topological polar surface area (TPSA) is 111 Å². The number of benzene rings is 1. The number of halogens is 2. The summed E-state index contributed by atoms with van der Waals surface area (Å²) in [5.74, 6) is 0.327. The summed E-state index contributed by atoms with van der Waals surface area (Å²) in [6.07, 6.45) is 8.24. The summed E-state index contributed by atoms with van der Waals surface area (Å²) in [7, 11) is -2.53. The summed E-state index contributed by atoms with van der Waals surface area (Å²) in [4.78, 5) is 12.1. The molecule has 0 aliphatic carbocycles. The van der Waals surface area contributed by atoms with Crippen LogP contribution >= 0.6 is 0 Å². The van der Waals surface area contributed by atoms with Gasteiger partial charge in [0.25, 0.3) is 0 Å². The van der Waals surface area contributed by atoms with E-state index in [0.29, 0.717) is 0 Å². The number of hydrogen-bond donors (Lipinski definition) is 1. The van der Waals surface area contributed by atoms with Crippen LogP contribution in [0.5, 0.6) is 5.88 Å². The molecule has 8 nitrogen and oxygen atoms in total. The Morgan fingerprint density at radius 2 is 2.12 bits per heavy atom. The lowest BCUT2D eigenvalue weighted by atomic mass is 9.92. The first-order chi connectivity index (χ1) is 14.9. The lowest BCUT2D eigenvalue weighted by Gasteiger charge is -2.34. The first-order valence-corrected chi connectivity index (χ1v) is 11.0. The number of sulfonamides is 1. The van der Waals surface area contributed by atoms with E-state index in [2.05, 4.69) is 20.9 Å². The number of hydrogen-bond acceptors (Lipinski definition) is 7. The van der Waals surface area contributed by atoms with Crippen molar-refractivity contribution in [3.8, 4) is 18.2 Å². The second-order valence-corrected chi connectivity index (χ2v) is 9.37. The van der Waals surface area contributed by atoms with Crippen LogP contribution in [-0.4, -0.2) is 47.6 Å². The SMILES string of the molecule is C#CC(C)Oc1cnc(/C(F)=C/c2ccc(F)c(C3(C)CS(=O)(=O)N(C)C(N)=N3)c2)cn1. The van der Waals surface area contributed by atoms with Crippen molar-refractivity contribution < 1.29 is 21.9 Å². The van der Waals surface area contributed by atoms with E-state index in [1.807, 2.05) is 0 Å². The number of nitrogens with two attached hydrogens (primary N) is 1. The Bertz CT molecular complexity index is 1240. The van der Waals surface area contributed by atoms with Gasteiger partial charge in [0.2, 0.25) is 21.9 Å². The van der Waals surface area contributed by atoms with Gasteiger partial charge in [0.05, 0.1) is 18.1 Å². The van der Waals surface area contributed by atoms with E-state index in [0.717, 1.165) is 16.4 Å². The van der Waals surface area contributed by atoms with Gasteiger partial charge in [-0.25, -0.2) is 36.5 Å². The lowest BCUT2D eigenvalue weighted by Crippen LogP contribution is -2.50. The zero-order chi connectivity index (χ0) is 23.7. The van der Waals surface area contributed by atoms with Gasteiger partial charge in [-0.05, 0) is 37.6 Å². The van der Waals surface area contributed by atoms with Gasteiger partial charge in [0.15, 0.2) is 11.9 Å². The second kappa shape index (κ2) is 8.55. The molecule has 168 valence electrons. The van der Waals surface area contributed by atoms with Crippen LogP contribution in [0.4, 0.5) is 8.78 Å². The van der Waals surface area contributed by atoms with E-state index in [-0.39, 0.29) is 28.7 Å². The van der Waals surface area contributed by atoms with Crippen molar-refractivity contribution in [3.05, 3.63) is 53.2 Å². The summed E-state index contributed by atoms with van der Waals surface area (Å²) in [5.41, 5.74) is 4.41. The molecule has 2 heterocycles. The van der Waals surface area contributed by atoms with Crippen molar-refractivity contribution in [3.63, 3.8) is 0 Å². The molecular formula is C21H21F2N5O3S. The van der Waals surface area contributed by atoms with Crippen LogP contribution in [0.1, 0.15) is 30.7 Å². The Morgan fingerprint density at radius 1 is 1.41 bits per heavy atom.